The molecule has 210 valence electrons. The van der Waals surface area contributed by atoms with Crippen LogP contribution in [-0.2, 0) is 24.0 Å². The van der Waals surface area contributed by atoms with E-state index in [1.165, 1.54) is 19.0 Å². The number of ether oxygens (including phenoxy) is 1. The Hall–Kier alpha value is -3.35. The van der Waals surface area contributed by atoms with E-state index < -0.39 is 52.4 Å². The van der Waals surface area contributed by atoms with E-state index in [4.69, 9.17) is 10.5 Å². The van der Waals surface area contributed by atoms with Crippen LogP contribution in [0, 0.1) is 11.6 Å². The monoisotopic (exact) mass is 561 g/mol. The fourth-order valence-electron chi connectivity index (χ4n) is 3.95. The summed E-state index contributed by atoms with van der Waals surface area (Å²) in [6.07, 6.45) is -0.168. The first-order valence-corrected chi connectivity index (χ1v) is 13.3. The third-order valence-corrected chi connectivity index (χ3v) is 7.69. The first kappa shape index (κ1) is 30.2. The normalized spacial score (nSPS) is 19.2. The van der Waals surface area contributed by atoms with Crippen molar-refractivity contribution in [3.63, 3.8) is 0 Å². The maximum Gasteiger partial charge on any atom is 0.273 e. The topological polar surface area (TPSA) is 126 Å². The number of rotatable bonds is 11. The summed E-state index contributed by atoms with van der Waals surface area (Å²) in [6.45, 7) is 4.87. The molecule has 12 heteroatoms. The minimum Gasteiger partial charge on any atom is -0.372 e. The molecule has 2 aromatic rings. The Balaban J connectivity index is 1.89. The predicted octanol–water partition coefficient (Wildman–Crippen LogP) is 2.84. The summed E-state index contributed by atoms with van der Waals surface area (Å²) in [7, 11) is 1.40. The number of methoxy groups -OCH3 is 1. The Bertz CT molecular complexity index is 1230. The standard InChI is InChI=1S/C27H33F2N5O4S/c1-16(30)23(35)32-17(2)24(36)31-14-8-13-27(19-9-6-5-7-10-19)34(26(37)18(3)38-4)33-25(39-27)21-15-20(28)11-12-22(21)29/h5-7,9-12,15-18H,8,13-14,30H2,1-4H3,(H,31,36)(H,32,35)/t16-,17-,18-,27-/m0/s1. The van der Waals surface area contributed by atoms with E-state index in [1.54, 1.807) is 13.8 Å². The number of carbonyl (C=O) groups excluding carboxylic acids is 3. The number of nitrogens with one attached hydrogen (secondary N) is 2. The third kappa shape index (κ3) is 7.00. The van der Waals surface area contributed by atoms with Crippen molar-refractivity contribution in [2.75, 3.05) is 13.7 Å². The van der Waals surface area contributed by atoms with Crippen molar-refractivity contribution in [2.24, 2.45) is 10.8 Å². The fraction of sp³-hybridized carbons (Fsp3) is 0.407. The minimum absolute atomic E-state index is 0.0623. The van der Waals surface area contributed by atoms with Crippen molar-refractivity contribution in [2.45, 2.75) is 56.7 Å². The fourth-order valence-corrected chi connectivity index (χ4v) is 5.38. The molecular formula is C27H33F2N5O4S. The molecule has 3 amide bonds. The number of nitrogens with two attached hydrogens (primary N) is 1. The lowest BCUT2D eigenvalue weighted by Crippen LogP contribution is -2.49. The second kappa shape index (κ2) is 13.1. The third-order valence-electron chi connectivity index (χ3n) is 6.25. The summed E-state index contributed by atoms with van der Waals surface area (Å²) < 4.78 is 34.1. The number of nitrogens with zero attached hydrogens (tertiary/aromatic N) is 2. The highest BCUT2D eigenvalue weighted by Gasteiger charge is 2.49. The van der Waals surface area contributed by atoms with Gasteiger partial charge < -0.3 is 21.1 Å². The van der Waals surface area contributed by atoms with Crippen molar-refractivity contribution in [1.82, 2.24) is 15.6 Å². The van der Waals surface area contributed by atoms with Crippen LogP contribution in [-0.4, -0.2) is 59.6 Å². The molecule has 0 fully saturated rings. The zero-order valence-electron chi connectivity index (χ0n) is 22.2. The van der Waals surface area contributed by atoms with Gasteiger partial charge in [-0.1, -0.05) is 42.1 Å². The van der Waals surface area contributed by atoms with Crippen LogP contribution in [0.1, 0.15) is 44.7 Å². The molecule has 0 radical (unpaired) electrons. The molecule has 0 aliphatic carbocycles. The van der Waals surface area contributed by atoms with Crippen molar-refractivity contribution >= 4 is 34.5 Å². The maximum absolute atomic E-state index is 14.8. The Morgan fingerprint density at radius 1 is 1.10 bits per heavy atom. The Morgan fingerprint density at radius 3 is 2.44 bits per heavy atom. The van der Waals surface area contributed by atoms with Gasteiger partial charge in [0, 0.05) is 19.2 Å². The van der Waals surface area contributed by atoms with Gasteiger partial charge in [-0.25, -0.2) is 13.8 Å². The van der Waals surface area contributed by atoms with E-state index in [9.17, 15) is 23.2 Å². The molecule has 4 atom stereocenters. The molecule has 2 aromatic carbocycles. The van der Waals surface area contributed by atoms with Crippen LogP contribution in [0.2, 0.25) is 0 Å². The van der Waals surface area contributed by atoms with E-state index in [-0.39, 0.29) is 17.2 Å². The lowest BCUT2D eigenvalue weighted by atomic mass is 9.99. The smallest absolute Gasteiger partial charge is 0.273 e. The highest BCUT2D eigenvalue weighted by atomic mass is 32.2. The van der Waals surface area contributed by atoms with Crippen molar-refractivity contribution < 1.29 is 27.9 Å². The summed E-state index contributed by atoms with van der Waals surface area (Å²) in [5, 5.41) is 11.2. The molecule has 1 heterocycles. The summed E-state index contributed by atoms with van der Waals surface area (Å²) in [5.41, 5.74) is 6.19. The van der Waals surface area contributed by atoms with Gasteiger partial charge in [-0.3, -0.25) is 14.4 Å². The van der Waals surface area contributed by atoms with Gasteiger partial charge in [-0.05, 0) is 57.4 Å². The predicted molar refractivity (Wildman–Crippen MR) is 145 cm³/mol. The molecule has 0 saturated heterocycles. The van der Waals surface area contributed by atoms with Gasteiger partial charge in [0.2, 0.25) is 11.8 Å². The van der Waals surface area contributed by atoms with Crippen LogP contribution in [0.15, 0.2) is 53.6 Å². The van der Waals surface area contributed by atoms with Crippen LogP contribution in [0.5, 0.6) is 0 Å². The molecule has 0 aromatic heterocycles. The first-order valence-electron chi connectivity index (χ1n) is 12.5. The van der Waals surface area contributed by atoms with Crippen molar-refractivity contribution in [3.8, 4) is 0 Å². The molecule has 0 bridgehead atoms. The molecule has 0 unspecified atom stereocenters. The van der Waals surface area contributed by atoms with Crippen molar-refractivity contribution in [3.05, 3.63) is 71.3 Å². The van der Waals surface area contributed by atoms with Crippen molar-refractivity contribution in [1.29, 1.82) is 0 Å². The van der Waals surface area contributed by atoms with Crippen LogP contribution >= 0.6 is 11.8 Å². The van der Waals surface area contributed by atoms with E-state index in [0.717, 1.165) is 30.0 Å². The second-order valence-corrected chi connectivity index (χ2v) is 10.5. The molecule has 0 saturated carbocycles. The number of hydrazone groups is 1. The van der Waals surface area contributed by atoms with Crippen LogP contribution in [0.3, 0.4) is 0 Å². The molecule has 3 rings (SSSR count). The SMILES string of the molecule is CO[C@@H](C)C(=O)N1N=C(c2cc(F)ccc2F)S[C@@]1(CCCNC(=O)[C@H](C)NC(=O)[C@H](C)N)c1ccccc1. The summed E-state index contributed by atoms with van der Waals surface area (Å²) in [4.78, 5) is 36.7. The summed E-state index contributed by atoms with van der Waals surface area (Å²) in [5.74, 6) is -2.61. The Labute approximate surface area is 230 Å². The number of benzene rings is 2. The first-order chi connectivity index (χ1) is 18.5. The number of hydrogen-bond donors (Lipinski definition) is 3. The average Bonchev–Trinajstić information content (AvgIpc) is 3.32. The molecular weight excluding hydrogens is 528 g/mol. The quantitative estimate of drug-likeness (QED) is 0.362. The van der Waals surface area contributed by atoms with E-state index >= 15 is 0 Å². The van der Waals surface area contributed by atoms with E-state index in [0.29, 0.717) is 18.4 Å². The van der Waals surface area contributed by atoms with Gasteiger partial charge in [0.15, 0.2) is 0 Å². The minimum atomic E-state index is -1.13. The van der Waals surface area contributed by atoms with Gasteiger partial charge >= 0.3 is 0 Å². The molecule has 1 aliphatic heterocycles. The molecule has 1 aliphatic rings. The summed E-state index contributed by atoms with van der Waals surface area (Å²) in [6, 6.07) is 10.6. The molecule has 39 heavy (non-hydrogen) atoms. The van der Waals surface area contributed by atoms with Gasteiger partial charge in [0.05, 0.1) is 6.04 Å². The lowest BCUT2D eigenvalue weighted by molar-refractivity contribution is -0.144. The number of hydrogen-bond acceptors (Lipinski definition) is 7. The van der Waals surface area contributed by atoms with Gasteiger partial charge in [0.25, 0.3) is 5.91 Å². The number of thioether (sulfide) groups is 1. The number of carbonyl (C=O) groups is 3. The van der Waals surface area contributed by atoms with E-state index in [2.05, 4.69) is 15.7 Å². The average molecular weight is 562 g/mol. The van der Waals surface area contributed by atoms with Crippen LogP contribution in [0.25, 0.3) is 0 Å². The highest BCUT2D eigenvalue weighted by Crippen LogP contribution is 2.50. The lowest BCUT2D eigenvalue weighted by Gasteiger charge is -2.37. The van der Waals surface area contributed by atoms with Gasteiger partial charge in [-0.15, -0.1) is 0 Å². The number of amides is 3. The van der Waals surface area contributed by atoms with Gasteiger partial charge in [0.1, 0.15) is 33.7 Å². The Morgan fingerprint density at radius 2 is 1.79 bits per heavy atom. The van der Waals surface area contributed by atoms with Crippen LogP contribution in [0.4, 0.5) is 8.78 Å². The zero-order valence-corrected chi connectivity index (χ0v) is 23.1. The number of halogens is 2. The molecule has 0 spiro atoms. The second-order valence-electron chi connectivity index (χ2n) is 9.22. The largest absolute Gasteiger partial charge is 0.372 e. The molecule has 9 nitrogen and oxygen atoms in total. The highest BCUT2D eigenvalue weighted by molar-refractivity contribution is 8.15. The zero-order chi connectivity index (χ0) is 28.7. The molecule has 4 N–H and O–H groups in total. The Kier molecular flexibility index (Phi) is 10.2. The van der Waals surface area contributed by atoms with E-state index in [1.807, 2.05) is 30.3 Å². The van der Waals surface area contributed by atoms with Gasteiger partial charge in [-0.2, -0.15) is 5.10 Å². The summed E-state index contributed by atoms with van der Waals surface area (Å²) >= 11 is 1.14. The van der Waals surface area contributed by atoms with Crippen LogP contribution < -0.4 is 16.4 Å². The maximum atomic E-state index is 14.8.